The molecule has 0 aliphatic heterocycles. The van der Waals surface area contributed by atoms with Crippen molar-refractivity contribution in [3.63, 3.8) is 0 Å². The molecule has 0 bridgehead atoms. The molecule has 0 heterocycles. The lowest BCUT2D eigenvalue weighted by Crippen LogP contribution is -2.28. The lowest BCUT2D eigenvalue weighted by atomic mass is 9.92. The van der Waals surface area contributed by atoms with E-state index in [-0.39, 0.29) is 20.9 Å². The van der Waals surface area contributed by atoms with Crippen molar-refractivity contribution in [1.29, 1.82) is 0 Å². The smallest absolute Gasteiger partial charge is 0.252 e. The molecule has 1 amide bonds. The second-order valence-electron chi connectivity index (χ2n) is 5.88. The fourth-order valence-corrected chi connectivity index (χ4v) is 3.36. The summed E-state index contributed by atoms with van der Waals surface area (Å²) in [5.41, 5.74) is 0.157. The van der Waals surface area contributed by atoms with Crippen molar-refractivity contribution < 1.29 is 13.2 Å². The van der Waals surface area contributed by atoms with Gasteiger partial charge in [-0.2, -0.15) is 0 Å². The van der Waals surface area contributed by atoms with Gasteiger partial charge in [-0.1, -0.05) is 48.3 Å². The summed E-state index contributed by atoms with van der Waals surface area (Å²) < 4.78 is 23.3. The molecule has 0 saturated heterocycles. The number of nitrogens with one attached hydrogen (secondary N) is 1. The van der Waals surface area contributed by atoms with Crippen molar-refractivity contribution in [2.45, 2.75) is 32.1 Å². The topological polar surface area (TPSA) is 89.3 Å². The van der Waals surface area contributed by atoms with Crippen LogP contribution in [0.1, 0.15) is 37.6 Å². The number of carbonyl (C=O) groups excluding carboxylic acids is 1. The van der Waals surface area contributed by atoms with Crippen LogP contribution in [0.5, 0.6) is 0 Å². The van der Waals surface area contributed by atoms with Crippen LogP contribution in [-0.2, 0) is 10.0 Å². The number of rotatable bonds is 4. The molecule has 0 unspecified atom stereocenters. The Morgan fingerprint density at radius 3 is 2.43 bits per heavy atom. The van der Waals surface area contributed by atoms with Crippen molar-refractivity contribution in [2.75, 3.05) is 6.54 Å². The average Bonchev–Trinajstić information content (AvgIpc) is 2.28. The maximum atomic E-state index is 12.1. The van der Waals surface area contributed by atoms with Crippen LogP contribution in [0.25, 0.3) is 0 Å². The van der Waals surface area contributed by atoms with E-state index in [0.29, 0.717) is 11.0 Å². The predicted molar refractivity (Wildman–Crippen MR) is 86.9 cm³/mol. The molecule has 0 spiro atoms. The van der Waals surface area contributed by atoms with Gasteiger partial charge in [-0.05, 0) is 24.0 Å². The lowest BCUT2D eigenvalue weighted by molar-refractivity contribution is 0.0949. The number of amides is 1. The van der Waals surface area contributed by atoms with E-state index in [4.69, 9.17) is 16.7 Å². The first-order chi connectivity index (χ1) is 9.42. The van der Waals surface area contributed by atoms with Gasteiger partial charge in [-0.3, -0.25) is 4.79 Å². The molecule has 0 aliphatic rings. The molecule has 0 radical (unpaired) electrons. The Labute approximate surface area is 138 Å². The van der Waals surface area contributed by atoms with Gasteiger partial charge in [0.15, 0.2) is 0 Å². The summed E-state index contributed by atoms with van der Waals surface area (Å²) in [7, 11) is -4.00. The quantitative estimate of drug-likeness (QED) is 0.818. The Kier molecular flexibility index (Phi) is 5.83. The van der Waals surface area contributed by atoms with E-state index in [2.05, 4.69) is 42.0 Å². The molecule has 1 aromatic carbocycles. The van der Waals surface area contributed by atoms with E-state index < -0.39 is 15.9 Å². The summed E-state index contributed by atoms with van der Waals surface area (Å²) in [6.07, 6.45) is 0.784. The van der Waals surface area contributed by atoms with Gasteiger partial charge in [0.2, 0.25) is 10.0 Å². The monoisotopic (exact) mass is 396 g/mol. The SMILES string of the molecule is CC(C)(C)CCNC(=O)c1cc(Br)cc(S(N)(=O)=O)c1Cl. The molecule has 21 heavy (non-hydrogen) atoms. The molecular formula is C13H18BrClN2O3S. The number of hydrogen-bond acceptors (Lipinski definition) is 3. The standard InChI is InChI=1S/C13H18BrClN2O3S/c1-13(2,3)4-5-17-12(18)9-6-8(14)7-10(11(9)15)21(16,19)20/h6-7H,4-5H2,1-3H3,(H,17,18)(H2,16,19,20). The third-order valence-corrected chi connectivity index (χ3v) is 4.63. The second kappa shape index (κ2) is 6.64. The minimum absolute atomic E-state index is 0.0731. The predicted octanol–water partition coefficient (Wildman–Crippen LogP) is 2.92. The van der Waals surface area contributed by atoms with Crippen molar-refractivity contribution in [3.05, 3.63) is 27.2 Å². The Bertz CT molecular complexity index is 654. The van der Waals surface area contributed by atoms with Crippen molar-refractivity contribution in [2.24, 2.45) is 10.6 Å². The third kappa shape index (κ3) is 5.58. The Morgan fingerprint density at radius 1 is 1.38 bits per heavy atom. The van der Waals surface area contributed by atoms with Crippen molar-refractivity contribution in [3.8, 4) is 0 Å². The maximum absolute atomic E-state index is 12.1. The molecule has 8 heteroatoms. The molecule has 118 valence electrons. The number of halogens is 2. The summed E-state index contributed by atoms with van der Waals surface area (Å²) in [5.74, 6) is -0.435. The number of primary sulfonamides is 1. The highest BCUT2D eigenvalue weighted by Crippen LogP contribution is 2.29. The first-order valence-electron chi connectivity index (χ1n) is 6.22. The van der Waals surface area contributed by atoms with Crippen molar-refractivity contribution in [1.82, 2.24) is 5.32 Å². The fourth-order valence-electron chi connectivity index (χ4n) is 1.58. The van der Waals surface area contributed by atoms with Crippen LogP contribution in [0, 0.1) is 5.41 Å². The van der Waals surface area contributed by atoms with Gasteiger partial charge in [-0.15, -0.1) is 0 Å². The van der Waals surface area contributed by atoms with E-state index in [1.807, 2.05) is 0 Å². The number of sulfonamides is 1. The van der Waals surface area contributed by atoms with E-state index in [1.165, 1.54) is 12.1 Å². The molecule has 0 saturated carbocycles. The van der Waals surface area contributed by atoms with Crippen LogP contribution in [0.3, 0.4) is 0 Å². The van der Waals surface area contributed by atoms with Crippen LogP contribution >= 0.6 is 27.5 Å². The van der Waals surface area contributed by atoms with Gasteiger partial charge >= 0.3 is 0 Å². The molecule has 0 aliphatic carbocycles. The molecule has 1 rings (SSSR count). The first kappa shape index (κ1) is 18.4. The minimum atomic E-state index is -4.00. The zero-order valence-electron chi connectivity index (χ0n) is 12.0. The average molecular weight is 398 g/mol. The summed E-state index contributed by atoms with van der Waals surface area (Å²) in [6, 6.07) is 2.73. The summed E-state index contributed by atoms with van der Waals surface area (Å²) in [5, 5.41) is 7.64. The zero-order chi connectivity index (χ0) is 16.4. The molecule has 3 N–H and O–H groups in total. The number of benzene rings is 1. The largest absolute Gasteiger partial charge is 0.352 e. The first-order valence-corrected chi connectivity index (χ1v) is 8.93. The van der Waals surface area contributed by atoms with E-state index >= 15 is 0 Å². The lowest BCUT2D eigenvalue weighted by Gasteiger charge is -2.18. The van der Waals surface area contributed by atoms with E-state index in [1.54, 1.807) is 0 Å². The molecule has 5 nitrogen and oxygen atoms in total. The molecular weight excluding hydrogens is 380 g/mol. The Morgan fingerprint density at radius 2 is 1.95 bits per heavy atom. The third-order valence-electron chi connectivity index (χ3n) is 2.72. The number of carbonyl (C=O) groups is 1. The van der Waals surface area contributed by atoms with Crippen molar-refractivity contribution >= 4 is 43.5 Å². The molecule has 0 fully saturated rings. The van der Waals surface area contributed by atoms with Gasteiger partial charge < -0.3 is 5.32 Å². The molecule has 0 atom stereocenters. The Hall–Kier alpha value is -0.630. The van der Waals surface area contributed by atoms with Gasteiger partial charge in [0.1, 0.15) is 4.90 Å². The van der Waals surface area contributed by atoms with Gasteiger partial charge in [0.25, 0.3) is 5.91 Å². The summed E-state index contributed by atoms with van der Waals surface area (Å²) >= 11 is 9.14. The molecule has 0 aromatic heterocycles. The van der Waals surface area contributed by atoms with Gasteiger partial charge in [0, 0.05) is 11.0 Å². The number of nitrogens with two attached hydrogens (primary N) is 1. The van der Waals surface area contributed by atoms with Gasteiger partial charge in [0.05, 0.1) is 10.6 Å². The van der Waals surface area contributed by atoms with Crippen LogP contribution in [-0.4, -0.2) is 20.9 Å². The van der Waals surface area contributed by atoms with E-state index in [9.17, 15) is 13.2 Å². The second-order valence-corrected chi connectivity index (χ2v) is 8.70. The maximum Gasteiger partial charge on any atom is 0.252 e. The highest BCUT2D eigenvalue weighted by molar-refractivity contribution is 9.10. The summed E-state index contributed by atoms with van der Waals surface area (Å²) in [6.45, 7) is 6.65. The highest BCUT2D eigenvalue weighted by atomic mass is 79.9. The normalized spacial score (nSPS) is 12.3. The molecule has 1 aromatic rings. The highest BCUT2D eigenvalue weighted by Gasteiger charge is 2.21. The van der Waals surface area contributed by atoms with Crippen LogP contribution in [0.2, 0.25) is 5.02 Å². The van der Waals surface area contributed by atoms with Crippen LogP contribution in [0.4, 0.5) is 0 Å². The summed E-state index contributed by atoms with van der Waals surface area (Å²) in [4.78, 5) is 11.9. The zero-order valence-corrected chi connectivity index (χ0v) is 15.2. The number of hydrogen-bond donors (Lipinski definition) is 2. The van der Waals surface area contributed by atoms with Crippen LogP contribution in [0.15, 0.2) is 21.5 Å². The fraction of sp³-hybridized carbons (Fsp3) is 0.462. The Balaban J connectivity index is 3.03. The van der Waals surface area contributed by atoms with Gasteiger partial charge in [-0.25, -0.2) is 13.6 Å². The van der Waals surface area contributed by atoms with E-state index in [0.717, 1.165) is 6.42 Å². The van der Waals surface area contributed by atoms with Crippen LogP contribution < -0.4 is 10.5 Å². The minimum Gasteiger partial charge on any atom is -0.352 e.